The molecule has 1 saturated heterocycles. The van der Waals surface area contributed by atoms with Gasteiger partial charge in [0.05, 0.1) is 11.3 Å². The maximum absolute atomic E-state index is 11.9. The summed E-state index contributed by atoms with van der Waals surface area (Å²) in [6.45, 7) is 1.91. The van der Waals surface area contributed by atoms with E-state index >= 15 is 0 Å². The summed E-state index contributed by atoms with van der Waals surface area (Å²) in [6.07, 6.45) is 1.81. The van der Waals surface area contributed by atoms with Crippen molar-refractivity contribution in [2.45, 2.75) is 18.9 Å². The van der Waals surface area contributed by atoms with Crippen LogP contribution in [-0.4, -0.2) is 48.2 Å². The van der Waals surface area contributed by atoms with E-state index in [0.717, 1.165) is 25.9 Å². The number of amides is 2. The van der Waals surface area contributed by atoms with Gasteiger partial charge in [0.1, 0.15) is 0 Å². The Bertz CT molecular complexity index is 496. The Labute approximate surface area is 117 Å². The van der Waals surface area contributed by atoms with Crippen molar-refractivity contribution in [3.8, 4) is 0 Å². The summed E-state index contributed by atoms with van der Waals surface area (Å²) in [4.78, 5) is 25.2. The minimum absolute atomic E-state index is 0.0889. The predicted molar refractivity (Wildman–Crippen MR) is 76.1 cm³/mol. The number of hydrogen-bond donors (Lipinski definition) is 3. The first kappa shape index (κ1) is 14.3. The number of nitrogens with one attached hydrogen (secondary N) is 2. The monoisotopic (exact) mass is 277 g/mol. The third-order valence-corrected chi connectivity index (χ3v) is 3.46. The summed E-state index contributed by atoms with van der Waals surface area (Å²) in [6, 6.07) is 6.16. The Morgan fingerprint density at radius 1 is 1.25 bits per heavy atom. The van der Waals surface area contributed by atoms with Crippen LogP contribution in [0.5, 0.6) is 0 Å². The molecule has 0 saturated carbocycles. The predicted octanol–water partition coefficient (Wildman–Crippen LogP) is 1.60. The molecular weight excluding hydrogens is 258 g/mol. The molecule has 2 amide bonds. The molecule has 108 valence electrons. The van der Waals surface area contributed by atoms with Crippen molar-refractivity contribution in [1.82, 2.24) is 10.2 Å². The summed E-state index contributed by atoms with van der Waals surface area (Å²) in [5.74, 6) is -1.06. The van der Waals surface area contributed by atoms with Crippen molar-refractivity contribution in [2.75, 3.05) is 25.5 Å². The summed E-state index contributed by atoms with van der Waals surface area (Å²) in [5, 5.41) is 14.5. The Morgan fingerprint density at radius 3 is 2.55 bits per heavy atom. The number of hydrogen-bond acceptors (Lipinski definition) is 3. The number of carboxylic acids is 1. The molecule has 0 spiro atoms. The topological polar surface area (TPSA) is 81.7 Å². The quantitative estimate of drug-likeness (QED) is 0.784. The minimum atomic E-state index is -1.06. The van der Waals surface area contributed by atoms with Crippen molar-refractivity contribution >= 4 is 17.7 Å². The van der Waals surface area contributed by atoms with Crippen molar-refractivity contribution in [3.63, 3.8) is 0 Å². The maximum atomic E-state index is 11.9. The molecule has 1 aromatic carbocycles. The number of rotatable bonds is 3. The number of nitrogens with zero attached hydrogens (tertiary/aromatic N) is 1. The first-order valence-electron chi connectivity index (χ1n) is 6.64. The van der Waals surface area contributed by atoms with E-state index in [-0.39, 0.29) is 17.6 Å². The molecular formula is C14H19N3O3. The van der Waals surface area contributed by atoms with E-state index in [0.29, 0.717) is 5.69 Å². The summed E-state index contributed by atoms with van der Waals surface area (Å²) in [7, 11) is 2.05. The average Bonchev–Trinajstić information content (AvgIpc) is 2.41. The van der Waals surface area contributed by atoms with Crippen LogP contribution in [0, 0.1) is 0 Å². The van der Waals surface area contributed by atoms with Crippen molar-refractivity contribution in [2.24, 2.45) is 0 Å². The summed E-state index contributed by atoms with van der Waals surface area (Å²) in [5.41, 5.74) is 0.399. The number of anilines is 1. The van der Waals surface area contributed by atoms with Gasteiger partial charge in [-0.2, -0.15) is 0 Å². The van der Waals surface area contributed by atoms with Crippen LogP contribution in [0.4, 0.5) is 10.5 Å². The zero-order chi connectivity index (χ0) is 14.5. The lowest BCUT2D eigenvalue weighted by Gasteiger charge is -2.29. The molecule has 6 nitrogen and oxygen atoms in total. The molecule has 6 heteroatoms. The number of piperidine rings is 1. The van der Waals surface area contributed by atoms with Gasteiger partial charge >= 0.3 is 12.0 Å². The highest BCUT2D eigenvalue weighted by molar-refractivity contribution is 5.99. The number of benzene rings is 1. The Balaban J connectivity index is 1.93. The van der Waals surface area contributed by atoms with Crippen LogP contribution in [0.15, 0.2) is 24.3 Å². The van der Waals surface area contributed by atoms with Gasteiger partial charge in [-0.1, -0.05) is 12.1 Å². The number of likely N-dealkylation sites (tertiary alicyclic amines) is 1. The molecule has 1 heterocycles. The van der Waals surface area contributed by atoms with E-state index in [1.807, 2.05) is 0 Å². The number of carbonyl (C=O) groups is 2. The number of carbonyl (C=O) groups excluding carboxylic acids is 1. The average molecular weight is 277 g/mol. The lowest BCUT2D eigenvalue weighted by molar-refractivity contribution is 0.0698. The van der Waals surface area contributed by atoms with Gasteiger partial charge in [-0.25, -0.2) is 9.59 Å². The highest BCUT2D eigenvalue weighted by Crippen LogP contribution is 2.15. The molecule has 1 aromatic rings. The molecule has 1 fully saturated rings. The van der Waals surface area contributed by atoms with Crippen LogP contribution in [0.3, 0.4) is 0 Å². The second kappa shape index (κ2) is 6.38. The molecule has 1 aliphatic rings. The van der Waals surface area contributed by atoms with Gasteiger partial charge in [-0.15, -0.1) is 0 Å². The van der Waals surface area contributed by atoms with Gasteiger partial charge in [-0.05, 0) is 45.1 Å². The van der Waals surface area contributed by atoms with Crippen LogP contribution < -0.4 is 10.6 Å². The Morgan fingerprint density at radius 2 is 1.90 bits per heavy atom. The third-order valence-electron chi connectivity index (χ3n) is 3.46. The molecule has 0 atom stereocenters. The molecule has 0 bridgehead atoms. The van der Waals surface area contributed by atoms with Crippen molar-refractivity contribution < 1.29 is 14.7 Å². The van der Waals surface area contributed by atoms with Crippen LogP contribution in [0.2, 0.25) is 0 Å². The molecule has 0 aromatic heterocycles. The van der Waals surface area contributed by atoms with Crippen LogP contribution in [0.25, 0.3) is 0 Å². The van der Waals surface area contributed by atoms with Gasteiger partial charge in [-0.3, -0.25) is 0 Å². The maximum Gasteiger partial charge on any atom is 0.337 e. The molecule has 0 aliphatic carbocycles. The second-order valence-corrected chi connectivity index (χ2v) is 5.03. The molecule has 3 N–H and O–H groups in total. The van der Waals surface area contributed by atoms with E-state index in [2.05, 4.69) is 22.6 Å². The molecule has 0 unspecified atom stereocenters. The number of carboxylic acid groups (broad SMARTS) is 1. The number of aromatic carboxylic acids is 1. The lowest BCUT2D eigenvalue weighted by atomic mass is 10.1. The van der Waals surface area contributed by atoms with E-state index < -0.39 is 5.97 Å². The standard InChI is InChI=1S/C14H19N3O3/c1-17-8-6-10(7-9-17)15-14(20)16-12-5-3-2-4-11(12)13(18)19/h2-5,10H,6-9H2,1H3,(H,18,19)(H2,15,16,20). The smallest absolute Gasteiger partial charge is 0.337 e. The molecule has 0 radical (unpaired) electrons. The Kier molecular flexibility index (Phi) is 4.57. The number of para-hydroxylation sites is 1. The van der Waals surface area contributed by atoms with Crippen LogP contribution in [0.1, 0.15) is 23.2 Å². The fourth-order valence-corrected chi connectivity index (χ4v) is 2.28. The van der Waals surface area contributed by atoms with E-state index in [4.69, 9.17) is 5.11 Å². The molecule has 1 aliphatic heterocycles. The SMILES string of the molecule is CN1CCC(NC(=O)Nc2ccccc2C(=O)O)CC1. The second-order valence-electron chi connectivity index (χ2n) is 5.03. The summed E-state index contributed by atoms with van der Waals surface area (Å²) >= 11 is 0. The van der Waals surface area contributed by atoms with Gasteiger partial charge < -0.3 is 20.6 Å². The third kappa shape index (κ3) is 3.71. The zero-order valence-electron chi connectivity index (χ0n) is 11.4. The van der Waals surface area contributed by atoms with E-state index in [1.165, 1.54) is 6.07 Å². The van der Waals surface area contributed by atoms with Gasteiger partial charge in [0.25, 0.3) is 0 Å². The molecule has 20 heavy (non-hydrogen) atoms. The highest BCUT2D eigenvalue weighted by Gasteiger charge is 2.19. The Hall–Kier alpha value is -2.08. The normalized spacial score (nSPS) is 16.6. The van der Waals surface area contributed by atoms with Crippen LogP contribution >= 0.6 is 0 Å². The molecule has 2 rings (SSSR count). The van der Waals surface area contributed by atoms with Gasteiger partial charge in [0, 0.05) is 6.04 Å². The highest BCUT2D eigenvalue weighted by atomic mass is 16.4. The van der Waals surface area contributed by atoms with E-state index in [1.54, 1.807) is 18.2 Å². The van der Waals surface area contributed by atoms with Crippen molar-refractivity contribution in [3.05, 3.63) is 29.8 Å². The fraction of sp³-hybridized carbons (Fsp3) is 0.429. The number of urea groups is 1. The van der Waals surface area contributed by atoms with Crippen molar-refractivity contribution in [1.29, 1.82) is 0 Å². The lowest BCUT2D eigenvalue weighted by Crippen LogP contribution is -2.45. The van der Waals surface area contributed by atoms with E-state index in [9.17, 15) is 9.59 Å². The summed E-state index contributed by atoms with van der Waals surface area (Å²) < 4.78 is 0. The van der Waals surface area contributed by atoms with Crippen LogP contribution in [-0.2, 0) is 0 Å². The minimum Gasteiger partial charge on any atom is -0.478 e. The largest absolute Gasteiger partial charge is 0.478 e. The first-order valence-corrected chi connectivity index (χ1v) is 6.64. The van der Waals surface area contributed by atoms with Gasteiger partial charge in [0.2, 0.25) is 0 Å². The first-order chi connectivity index (χ1) is 9.56. The fourth-order valence-electron chi connectivity index (χ4n) is 2.28. The van der Waals surface area contributed by atoms with Gasteiger partial charge in [0.15, 0.2) is 0 Å². The zero-order valence-corrected chi connectivity index (χ0v) is 11.4.